The van der Waals surface area contributed by atoms with E-state index in [1.165, 1.54) is 17.3 Å². The van der Waals surface area contributed by atoms with Crippen LogP contribution in [0.3, 0.4) is 0 Å². The van der Waals surface area contributed by atoms with Gasteiger partial charge in [-0.25, -0.2) is 4.99 Å². The van der Waals surface area contributed by atoms with E-state index in [0.717, 1.165) is 39.1 Å². The average molecular weight is 492 g/mol. The molecule has 3 aromatic rings. The molecule has 0 aromatic heterocycles. The fourth-order valence-corrected chi connectivity index (χ4v) is 6.38. The molecule has 5 rings (SSSR count). The number of halogens is 1. The van der Waals surface area contributed by atoms with Crippen LogP contribution in [-0.4, -0.2) is 17.6 Å². The third kappa shape index (κ3) is 4.19. The summed E-state index contributed by atoms with van der Waals surface area (Å²) >= 11 is 9.31. The molecule has 0 radical (unpaired) electrons. The van der Waals surface area contributed by atoms with Gasteiger partial charge < -0.3 is 4.90 Å². The molecule has 0 atom stereocenters. The third-order valence-corrected chi connectivity index (χ3v) is 8.05. The second-order valence-corrected chi connectivity index (χ2v) is 10.3. The first-order valence-corrected chi connectivity index (χ1v) is 12.7. The Hall–Kier alpha value is -2.67. The molecule has 2 aliphatic heterocycles. The van der Waals surface area contributed by atoms with Gasteiger partial charge in [-0.15, -0.1) is 0 Å². The van der Waals surface area contributed by atoms with Crippen molar-refractivity contribution in [3.05, 3.63) is 92.8 Å². The van der Waals surface area contributed by atoms with Crippen LogP contribution in [0.4, 0.5) is 17.1 Å². The first-order valence-electron chi connectivity index (χ1n) is 10.7. The van der Waals surface area contributed by atoms with Gasteiger partial charge in [0, 0.05) is 16.5 Å². The van der Waals surface area contributed by atoms with Gasteiger partial charge in [-0.05, 0) is 80.6 Å². The van der Waals surface area contributed by atoms with Crippen molar-refractivity contribution in [2.45, 2.75) is 25.7 Å². The summed E-state index contributed by atoms with van der Waals surface area (Å²) < 4.78 is 0. The minimum absolute atomic E-state index is 0.0590. The standard InChI is InChI=1S/C26H22ClN3OS2/c1-4-29-21-15-18(27)10-13-22(21)32-25(29)23-24(31)30(20-7-5-6-17(3)14-20)26(33-23)28-19-11-8-16(2)9-12-19/h5-15H,4H2,1-3H3. The molecule has 3 aromatic carbocycles. The minimum atomic E-state index is -0.0590. The summed E-state index contributed by atoms with van der Waals surface area (Å²) in [5, 5.41) is 2.27. The van der Waals surface area contributed by atoms with Crippen molar-refractivity contribution in [1.29, 1.82) is 0 Å². The molecule has 166 valence electrons. The maximum Gasteiger partial charge on any atom is 0.274 e. The van der Waals surface area contributed by atoms with Crippen molar-refractivity contribution in [2.24, 2.45) is 4.99 Å². The van der Waals surface area contributed by atoms with E-state index in [1.807, 2.05) is 80.6 Å². The Kier molecular flexibility index (Phi) is 5.99. The maximum atomic E-state index is 13.8. The lowest BCUT2D eigenvalue weighted by Gasteiger charge is -2.19. The van der Waals surface area contributed by atoms with Crippen molar-refractivity contribution >= 4 is 63.3 Å². The normalized spacial score (nSPS) is 19.0. The molecule has 1 fully saturated rings. The summed E-state index contributed by atoms with van der Waals surface area (Å²) in [6.45, 7) is 6.90. The number of carbonyl (C=O) groups excluding carboxylic acids is 1. The number of anilines is 2. The van der Waals surface area contributed by atoms with E-state index >= 15 is 0 Å². The van der Waals surface area contributed by atoms with E-state index in [1.54, 1.807) is 16.7 Å². The number of thioether (sulfide) groups is 2. The highest BCUT2D eigenvalue weighted by molar-refractivity contribution is 8.20. The van der Waals surface area contributed by atoms with Crippen LogP contribution < -0.4 is 9.80 Å². The van der Waals surface area contributed by atoms with Crippen molar-refractivity contribution in [3.8, 4) is 0 Å². The minimum Gasteiger partial charge on any atom is -0.334 e. The summed E-state index contributed by atoms with van der Waals surface area (Å²) in [6.07, 6.45) is 0. The number of hydrogen-bond donors (Lipinski definition) is 0. The molecule has 2 heterocycles. The summed E-state index contributed by atoms with van der Waals surface area (Å²) in [5.41, 5.74) is 4.94. The summed E-state index contributed by atoms with van der Waals surface area (Å²) in [7, 11) is 0. The van der Waals surface area contributed by atoms with Crippen LogP contribution in [-0.2, 0) is 4.79 Å². The fourth-order valence-electron chi connectivity index (χ4n) is 3.84. The molecule has 33 heavy (non-hydrogen) atoms. The second-order valence-electron chi connectivity index (χ2n) is 7.90. The lowest BCUT2D eigenvalue weighted by molar-refractivity contribution is -0.113. The van der Waals surface area contributed by atoms with Crippen LogP contribution in [0.5, 0.6) is 0 Å². The molecule has 0 aliphatic carbocycles. The predicted molar refractivity (Wildman–Crippen MR) is 142 cm³/mol. The molecule has 0 spiro atoms. The summed E-state index contributed by atoms with van der Waals surface area (Å²) in [4.78, 5) is 24.4. The number of rotatable bonds is 3. The molecular formula is C26H22ClN3OS2. The van der Waals surface area contributed by atoms with Gasteiger partial charge in [0.2, 0.25) is 0 Å². The van der Waals surface area contributed by atoms with Crippen molar-refractivity contribution in [3.63, 3.8) is 0 Å². The van der Waals surface area contributed by atoms with Gasteiger partial charge in [-0.1, -0.05) is 53.2 Å². The Morgan fingerprint density at radius 1 is 0.939 bits per heavy atom. The van der Waals surface area contributed by atoms with Crippen LogP contribution in [0.1, 0.15) is 18.1 Å². The number of carbonyl (C=O) groups is 1. The highest BCUT2D eigenvalue weighted by Gasteiger charge is 2.40. The molecule has 0 N–H and O–H groups in total. The van der Waals surface area contributed by atoms with E-state index in [2.05, 4.69) is 11.8 Å². The molecular weight excluding hydrogens is 470 g/mol. The van der Waals surface area contributed by atoms with Crippen LogP contribution in [0.15, 0.2) is 86.6 Å². The number of hydrogen-bond acceptors (Lipinski definition) is 5. The number of nitrogens with zero attached hydrogens (tertiary/aromatic N) is 3. The number of fused-ring (bicyclic) bond motifs is 1. The highest BCUT2D eigenvalue weighted by Crippen LogP contribution is 2.51. The molecule has 0 bridgehead atoms. The number of aryl methyl sites for hydroxylation is 2. The van der Waals surface area contributed by atoms with Crippen LogP contribution in [0.25, 0.3) is 0 Å². The monoisotopic (exact) mass is 491 g/mol. The molecule has 1 amide bonds. The van der Waals surface area contributed by atoms with Gasteiger partial charge in [0.25, 0.3) is 5.91 Å². The van der Waals surface area contributed by atoms with Crippen LogP contribution >= 0.6 is 35.1 Å². The topological polar surface area (TPSA) is 35.9 Å². The van der Waals surface area contributed by atoms with E-state index < -0.39 is 0 Å². The van der Waals surface area contributed by atoms with Crippen LogP contribution in [0.2, 0.25) is 5.02 Å². The fraction of sp³-hybridized carbons (Fsp3) is 0.154. The van der Waals surface area contributed by atoms with Crippen molar-refractivity contribution in [1.82, 2.24) is 0 Å². The lowest BCUT2D eigenvalue weighted by Crippen LogP contribution is -2.29. The highest BCUT2D eigenvalue weighted by atomic mass is 35.5. The van der Waals surface area contributed by atoms with Gasteiger partial charge in [0.15, 0.2) is 5.17 Å². The zero-order valence-corrected chi connectivity index (χ0v) is 20.9. The summed E-state index contributed by atoms with van der Waals surface area (Å²) in [5.74, 6) is -0.0590. The SMILES string of the molecule is CCN1C(=C2SC(=Nc3ccc(C)cc3)N(c3cccc(C)c3)C2=O)Sc2ccc(Cl)cc21. The van der Waals surface area contributed by atoms with Gasteiger partial charge in [0.05, 0.1) is 17.1 Å². The first-order chi connectivity index (χ1) is 15.9. The zero-order chi connectivity index (χ0) is 23.1. The Labute approximate surface area is 207 Å². The number of aliphatic imine (C=N–C) groups is 1. The van der Waals surface area contributed by atoms with Crippen LogP contribution in [0, 0.1) is 13.8 Å². The Morgan fingerprint density at radius 3 is 2.45 bits per heavy atom. The number of benzene rings is 3. The van der Waals surface area contributed by atoms with Gasteiger partial charge in [-0.2, -0.15) is 0 Å². The number of amidine groups is 1. The Balaban J connectivity index is 1.63. The van der Waals surface area contributed by atoms with Crippen molar-refractivity contribution < 1.29 is 4.79 Å². The summed E-state index contributed by atoms with van der Waals surface area (Å²) in [6, 6.07) is 21.9. The van der Waals surface area contributed by atoms with E-state index in [-0.39, 0.29) is 5.91 Å². The Bertz CT molecular complexity index is 1320. The quantitative estimate of drug-likeness (QED) is 0.355. The van der Waals surface area contributed by atoms with E-state index in [4.69, 9.17) is 16.6 Å². The smallest absolute Gasteiger partial charge is 0.274 e. The van der Waals surface area contributed by atoms with Crippen molar-refractivity contribution in [2.75, 3.05) is 16.3 Å². The van der Waals surface area contributed by atoms with Gasteiger partial charge in [-0.3, -0.25) is 9.69 Å². The second kappa shape index (κ2) is 8.93. The van der Waals surface area contributed by atoms with Gasteiger partial charge in [0.1, 0.15) is 9.93 Å². The third-order valence-electron chi connectivity index (χ3n) is 5.47. The maximum absolute atomic E-state index is 13.8. The Morgan fingerprint density at radius 2 is 1.73 bits per heavy atom. The number of amides is 1. The largest absolute Gasteiger partial charge is 0.334 e. The molecule has 2 aliphatic rings. The van der Waals surface area contributed by atoms with E-state index in [0.29, 0.717) is 15.1 Å². The molecule has 0 saturated carbocycles. The first kappa shape index (κ1) is 22.1. The zero-order valence-electron chi connectivity index (χ0n) is 18.5. The van der Waals surface area contributed by atoms with E-state index in [9.17, 15) is 4.79 Å². The molecule has 0 unspecified atom stereocenters. The average Bonchev–Trinajstić information content (AvgIpc) is 3.31. The molecule has 1 saturated heterocycles. The lowest BCUT2D eigenvalue weighted by atomic mass is 10.2. The molecule has 4 nitrogen and oxygen atoms in total. The predicted octanol–water partition coefficient (Wildman–Crippen LogP) is 7.53. The van der Waals surface area contributed by atoms with Gasteiger partial charge >= 0.3 is 0 Å². The molecule has 7 heteroatoms.